The van der Waals surface area contributed by atoms with Gasteiger partial charge < -0.3 is 0 Å². The Bertz CT molecular complexity index is 405. The maximum atomic E-state index is 12.8. The summed E-state index contributed by atoms with van der Waals surface area (Å²) in [5, 5.41) is 0. The van der Waals surface area contributed by atoms with E-state index in [-0.39, 0.29) is 17.0 Å². The van der Waals surface area contributed by atoms with Gasteiger partial charge in [0.1, 0.15) is 11.6 Å². The first-order chi connectivity index (χ1) is 7.01. The quantitative estimate of drug-likeness (QED) is 0.742. The van der Waals surface area contributed by atoms with Crippen molar-refractivity contribution in [2.75, 3.05) is 0 Å². The van der Waals surface area contributed by atoms with Crippen molar-refractivity contribution in [3.8, 4) is 0 Å². The van der Waals surface area contributed by atoms with Gasteiger partial charge in [-0.2, -0.15) is 0 Å². The van der Waals surface area contributed by atoms with Gasteiger partial charge in [0, 0.05) is 11.8 Å². The Morgan fingerprint density at radius 3 is 2.67 bits per heavy atom. The lowest BCUT2D eigenvalue weighted by Gasteiger charge is -2.09. The highest BCUT2D eigenvalue weighted by atomic mass is 19.1. The lowest BCUT2D eigenvalue weighted by atomic mass is 9.95. The normalized spacial score (nSPS) is 17.5. The highest BCUT2D eigenvalue weighted by Gasteiger charge is 2.43. The number of hydrogen-bond donors (Lipinski definition) is 0. The van der Waals surface area contributed by atoms with Gasteiger partial charge in [0.2, 0.25) is 0 Å². The van der Waals surface area contributed by atoms with Crippen LogP contribution in [-0.2, 0) is 11.2 Å². The van der Waals surface area contributed by atoms with Crippen LogP contribution in [0.15, 0.2) is 18.2 Å². The Hall–Kier alpha value is -1.18. The molecule has 0 saturated heterocycles. The zero-order valence-electron chi connectivity index (χ0n) is 9.14. The molecule has 2 rings (SSSR count). The first-order valence-electron chi connectivity index (χ1n) is 5.30. The summed E-state index contributed by atoms with van der Waals surface area (Å²) in [6.07, 6.45) is 2.46. The monoisotopic (exact) mass is 206 g/mol. The molecule has 0 aromatic heterocycles. The lowest BCUT2D eigenvalue weighted by Crippen LogP contribution is -2.15. The number of hydrogen-bond acceptors (Lipinski definition) is 1. The van der Waals surface area contributed by atoms with Gasteiger partial charge in [-0.25, -0.2) is 4.39 Å². The Morgan fingerprint density at radius 2 is 2.13 bits per heavy atom. The SMILES string of the molecule is Cc1cc(F)ccc1CC(=O)C1(C)CC1. The fourth-order valence-electron chi connectivity index (χ4n) is 1.71. The number of halogens is 1. The molecule has 1 aromatic rings. The molecule has 0 heterocycles. The second-order valence-electron chi connectivity index (χ2n) is 4.73. The zero-order valence-corrected chi connectivity index (χ0v) is 9.14. The maximum Gasteiger partial charge on any atom is 0.143 e. The zero-order chi connectivity index (χ0) is 11.1. The number of Topliss-reactive ketones (excluding diaryl/α,β-unsaturated/α-hetero) is 1. The standard InChI is InChI=1S/C13H15FO/c1-9-7-11(14)4-3-10(9)8-12(15)13(2)5-6-13/h3-4,7H,5-6,8H2,1-2H3. The topological polar surface area (TPSA) is 17.1 Å². The van der Waals surface area contributed by atoms with Gasteiger partial charge >= 0.3 is 0 Å². The van der Waals surface area contributed by atoms with Gasteiger partial charge in [-0.3, -0.25) is 4.79 Å². The first-order valence-corrected chi connectivity index (χ1v) is 5.30. The van der Waals surface area contributed by atoms with Crippen LogP contribution < -0.4 is 0 Å². The summed E-state index contributed by atoms with van der Waals surface area (Å²) in [6.45, 7) is 3.86. The van der Waals surface area contributed by atoms with E-state index in [0.29, 0.717) is 6.42 Å². The van der Waals surface area contributed by atoms with Crippen molar-refractivity contribution >= 4 is 5.78 Å². The highest BCUT2D eigenvalue weighted by Crippen LogP contribution is 2.46. The number of ketones is 1. The van der Waals surface area contributed by atoms with Crippen molar-refractivity contribution in [2.24, 2.45) is 5.41 Å². The van der Waals surface area contributed by atoms with Crippen molar-refractivity contribution in [1.29, 1.82) is 0 Å². The molecular weight excluding hydrogens is 191 g/mol. The first kappa shape index (κ1) is 10.3. The third kappa shape index (κ3) is 2.09. The second-order valence-corrected chi connectivity index (χ2v) is 4.73. The van der Waals surface area contributed by atoms with E-state index in [4.69, 9.17) is 0 Å². The van der Waals surface area contributed by atoms with Crippen LogP contribution in [-0.4, -0.2) is 5.78 Å². The van der Waals surface area contributed by atoms with Crippen LogP contribution in [0, 0.1) is 18.2 Å². The van der Waals surface area contributed by atoms with Gasteiger partial charge in [-0.1, -0.05) is 13.0 Å². The summed E-state index contributed by atoms with van der Waals surface area (Å²) in [5.74, 6) is 0.0542. The van der Waals surface area contributed by atoms with Crippen LogP contribution in [0.3, 0.4) is 0 Å². The largest absolute Gasteiger partial charge is 0.299 e. The molecule has 1 nitrogen and oxygen atoms in total. The molecule has 1 fully saturated rings. The van der Waals surface area contributed by atoms with E-state index in [1.807, 2.05) is 13.8 Å². The van der Waals surface area contributed by atoms with Crippen molar-refractivity contribution in [3.63, 3.8) is 0 Å². The Morgan fingerprint density at radius 1 is 1.47 bits per heavy atom. The molecule has 0 aliphatic heterocycles. The van der Waals surface area contributed by atoms with Crippen molar-refractivity contribution in [1.82, 2.24) is 0 Å². The minimum Gasteiger partial charge on any atom is -0.299 e. The molecule has 1 aliphatic rings. The van der Waals surface area contributed by atoms with E-state index in [1.54, 1.807) is 6.07 Å². The lowest BCUT2D eigenvalue weighted by molar-refractivity contribution is -0.122. The molecule has 1 aromatic carbocycles. The van der Waals surface area contributed by atoms with E-state index in [0.717, 1.165) is 24.0 Å². The number of carbonyl (C=O) groups is 1. The molecule has 0 atom stereocenters. The van der Waals surface area contributed by atoms with Gasteiger partial charge in [-0.15, -0.1) is 0 Å². The molecule has 0 spiro atoms. The molecule has 2 heteroatoms. The molecular formula is C13H15FO. The number of aryl methyl sites for hydroxylation is 1. The number of benzene rings is 1. The fraction of sp³-hybridized carbons (Fsp3) is 0.462. The minimum atomic E-state index is -0.235. The smallest absolute Gasteiger partial charge is 0.143 e. The predicted molar refractivity (Wildman–Crippen MR) is 57.2 cm³/mol. The van der Waals surface area contributed by atoms with Gasteiger partial charge in [0.15, 0.2) is 0 Å². The van der Waals surface area contributed by atoms with Crippen LogP contribution in [0.4, 0.5) is 4.39 Å². The summed E-state index contributed by atoms with van der Waals surface area (Å²) in [7, 11) is 0. The Kier molecular flexibility index (Phi) is 2.37. The molecule has 80 valence electrons. The fourth-order valence-corrected chi connectivity index (χ4v) is 1.71. The van der Waals surface area contributed by atoms with Crippen molar-refractivity contribution < 1.29 is 9.18 Å². The third-order valence-corrected chi connectivity index (χ3v) is 3.33. The molecule has 0 unspecified atom stereocenters. The van der Waals surface area contributed by atoms with Crippen LogP contribution in [0.25, 0.3) is 0 Å². The summed E-state index contributed by atoms with van der Waals surface area (Å²) in [4.78, 5) is 11.8. The van der Waals surface area contributed by atoms with Crippen molar-refractivity contribution in [2.45, 2.75) is 33.1 Å². The molecule has 0 amide bonds. The summed E-state index contributed by atoms with van der Waals surface area (Å²) in [5.41, 5.74) is 1.74. The maximum absolute atomic E-state index is 12.8. The molecule has 1 aliphatic carbocycles. The highest BCUT2D eigenvalue weighted by molar-refractivity contribution is 5.88. The molecule has 0 bridgehead atoms. The molecule has 1 saturated carbocycles. The minimum absolute atomic E-state index is 0.0825. The summed E-state index contributed by atoms with van der Waals surface area (Å²) < 4.78 is 12.8. The van der Waals surface area contributed by atoms with E-state index in [9.17, 15) is 9.18 Å². The van der Waals surface area contributed by atoms with Crippen LogP contribution >= 0.6 is 0 Å². The molecule has 15 heavy (non-hydrogen) atoms. The summed E-state index contributed by atoms with van der Waals surface area (Å²) in [6, 6.07) is 4.62. The van der Waals surface area contributed by atoms with E-state index >= 15 is 0 Å². The van der Waals surface area contributed by atoms with E-state index < -0.39 is 0 Å². The van der Waals surface area contributed by atoms with Crippen LogP contribution in [0.5, 0.6) is 0 Å². The number of carbonyl (C=O) groups excluding carboxylic acids is 1. The predicted octanol–water partition coefficient (Wildman–Crippen LogP) is 3.05. The van der Waals surface area contributed by atoms with Gasteiger partial charge in [0.25, 0.3) is 0 Å². The second kappa shape index (κ2) is 3.44. The molecule has 0 radical (unpaired) electrons. The van der Waals surface area contributed by atoms with Crippen molar-refractivity contribution in [3.05, 3.63) is 35.1 Å². The van der Waals surface area contributed by atoms with Crippen LogP contribution in [0.2, 0.25) is 0 Å². The third-order valence-electron chi connectivity index (χ3n) is 3.33. The number of rotatable bonds is 3. The van der Waals surface area contributed by atoms with E-state index in [2.05, 4.69) is 0 Å². The average molecular weight is 206 g/mol. The summed E-state index contributed by atoms with van der Waals surface area (Å²) >= 11 is 0. The van der Waals surface area contributed by atoms with Gasteiger partial charge in [0.05, 0.1) is 0 Å². The van der Waals surface area contributed by atoms with Gasteiger partial charge in [-0.05, 0) is 43.0 Å². The Balaban J connectivity index is 2.14. The molecule has 0 N–H and O–H groups in total. The Labute approximate surface area is 89.3 Å². The van der Waals surface area contributed by atoms with Crippen LogP contribution in [0.1, 0.15) is 30.9 Å². The average Bonchev–Trinajstić information content (AvgIpc) is 2.90. The van der Waals surface area contributed by atoms with E-state index in [1.165, 1.54) is 12.1 Å².